The van der Waals surface area contributed by atoms with Gasteiger partial charge in [-0.1, -0.05) is 12.1 Å². The molecule has 142 valence electrons. The van der Waals surface area contributed by atoms with E-state index in [9.17, 15) is 13.2 Å². The third kappa shape index (κ3) is 4.27. The van der Waals surface area contributed by atoms with Gasteiger partial charge >= 0.3 is 6.36 Å². The summed E-state index contributed by atoms with van der Waals surface area (Å²) in [6, 6.07) is 14.1. The molecule has 27 heavy (non-hydrogen) atoms. The van der Waals surface area contributed by atoms with Crippen molar-refractivity contribution >= 4 is 22.8 Å². The number of hydrogen-bond acceptors (Lipinski definition) is 5. The third-order valence-electron chi connectivity index (χ3n) is 4.56. The van der Waals surface area contributed by atoms with Crippen molar-refractivity contribution in [3.8, 4) is 5.75 Å². The fourth-order valence-electron chi connectivity index (χ4n) is 3.27. The maximum Gasteiger partial charge on any atom is 0.573 e. The van der Waals surface area contributed by atoms with Crippen LogP contribution in [0.15, 0.2) is 52.9 Å². The Morgan fingerprint density at radius 1 is 1.15 bits per heavy atom. The van der Waals surface area contributed by atoms with E-state index in [0.29, 0.717) is 11.9 Å². The Balaban J connectivity index is 1.32. The van der Waals surface area contributed by atoms with Gasteiger partial charge in [0.25, 0.3) is 6.01 Å². The van der Waals surface area contributed by atoms with Crippen molar-refractivity contribution in [3.63, 3.8) is 0 Å². The van der Waals surface area contributed by atoms with Gasteiger partial charge in [-0.05, 0) is 48.7 Å². The van der Waals surface area contributed by atoms with Crippen LogP contribution in [0.5, 0.6) is 5.75 Å². The van der Waals surface area contributed by atoms with Crippen molar-refractivity contribution in [1.29, 1.82) is 0 Å². The summed E-state index contributed by atoms with van der Waals surface area (Å²) in [7, 11) is 0. The van der Waals surface area contributed by atoms with Gasteiger partial charge in [-0.2, -0.15) is 4.98 Å². The summed E-state index contributed by atoms with van der Waals surface area (Å²) < 4.78 is 46.3. The van der Waals surface area contributed by atoms with Crippen molar-refractivity contribution in [2.45, 2.75) is 12.8 Å². The highest BCUT2D eigenvalue weighted by molar-refractivity contribution is 5.74. The van der Waals surface area contributed by atoms with Crippen molar-refractivity contribution in [1.82, 2.24) is 4.98 Å². The second-order valence-corrected chi connectivity index (χ2v) is 6.51. The van der Waals surface area contributed by atoms with Crippen LogP contribution in [0.25, 0.3) is 11.1 Å². The average Bonchev–Trinajstić information content (AvgIpc) is 3.26. The first-order valence-electron chi connectivity index (χ1n) is 8.66. The summed E-state index contributed by atoms with van der Waals surface area (Å²) in [5.74, 6) is 0.186. The van der Waals surface area contributed by atoms with Gasteiger partial charge in [0, 0.05) is 25.3 Å². The van der Waals surface area contributed by atoms with Crippen LogP contribution >= 0.6 is 0 Å². The van der Waals surface area contributed by atoms with Crippen molar-refractivity contribution in [3.05, 3.63) is 48.5 Å². The molecule has 0 saturated carbocycles. The zero-order chi connectivity index (χ0) is 18.9. The lowest BCUT2D eigenvalue weighted by Crippen LogP contribution is -2.22. The van der Waals surface area contributed by atoms with Gasteiger partial charge in [0.05, 0.1) is 0 Å². The Morgan fingerprint density at radius 3 is 2.67 bits per heavy atom. The van der Waals surface area contributed by atoms with E-state index in [4.69, 9.17) is 4.42 Å². The average molecular weight is 377 g/mol. The number of anilines is 2. The topological polar surface area (TPSA) is 50.5 Å². The van der Waals surface area contributed by atoms with Crippen molar-refractivity contribution in [2.24, 2.45) is 5.92 Å². The van der Waals surface area contributed by atoms with Gasteiger partial charge in [-0.3, -0.25) is 0 Å². The second kappa shape index (κ2) is 7.02. The number of ether oxygens (including phenoxy) is 1. The van der Waals surface area contributed by atoms with Crippen LogP contribution in [0.4, 0.5) is 24.9 Å². The number of alkyl halides is 3. The van der Waals surface area contributed by atoms with Gasteiger partial charge in [0.15, 0.2) is 5.58 Å². The summed E-state index contributed by atoms with van der Waals surface area (Å²) in [4.78, 5) is 6.54. The molecule has 1 N–H and O–H groups in total. The van der Waals surface area contributed by atoms with E-state index in [1.54, 1.807) is 12.1 Å². The highest BCUT2D eigenvalue weighted by Crippen LogP contribution is 2.28. The summed E-state index contributed by atoms with van der Waals surface area (Å²) in [6.45, 7) is 2.38. The fraction of sp³-hybridized carbons (Fsp3) is 0.316. The molecule has 0 spiro atoms. The smallest absolute Gasteiger partial charge is 0.424 e. The lowest BCUT2D eigenvalue weighted by atomic mass is 10.1. The first-order chi connectivity index (χ1) is 13.0. The molecule has 1 unspecified atom stereocenters. The van der Waals surface area contributed by atoms with Crippen LogP contribution in [0.2, 0.25) is 0 Å². The summed E-state index contributed by atoms with van der Waals surface area (Å²) in [5, 5.41) is 3.23. The standard InChI is InChI=1S/C19H18F3N3O2/c20-19(21,22)27-15-7-5-14(6-8-15)25-10-9-13(12-25)11-23-18-24-16-3-1-2-4-17(16)26-18/h1-8,13H,9-12H2,(H,23,24). The van der Waals surface area contributed by atoms with Crippen LogP contribution in [0.3, 0.4) is 0 Å². The molecule has 1 aromatic heterocycles. The summed E-state index contributed by atoms with van der Waals surface area (Å²) in [5.41, 5.74) is 2.44. The molecule has 1 fully saturated rings. The molecular formula is C19H18F3N3O2. The Labute approximate surface area is 153 Å². The predicted molar refractivity (Wildman–Crippen MR) is 95.9 cm³/mol. The number of nitrogens with zero attached hydrogens (tertiary/aromatic N) is 2. The minimum Gasteiger partial charge on any atom is -0.424 e. The van der Waals surface area contributed by atoms with Crippen LogP contribution in [0.1, 0.15) is 6.42 Å². The lowest BCUT2D eigenvalue weighted by Gasteiger charge is -2.19. The van der Waals surface area contributed by atoms with Gasteiger partial charge in [0.2, 0.25) is 0 Å². The normalized spacial score (nSPS) is 17.4. The predicted octanol–water partition coefficient (Wildman–Crippen LogP) is 4.66. The highest BCUT2D eigenvalue weighted by atomic mass is 19.4. The van der Waals surface area contributed by atoms with Crippen molar-refractivity contribution in [2.75, 3.05) is 29.9 Å². The number of aromatic nitrogens is 1. The quantitative estimate of drug-likeness (QED) is 0.701. The number of para-hydroxylation sites is 2. The van der Waals surface area contributed by atoms with Gasteiger partial charge in [0.1, 0.15) is 11.3 Å². The van der Waals surface area contributed by atoms with Gasteiger partial charge < -0.3 is 19.4 Å². The highest BCUT2D eigenvalue weighted by Gasteiger charge is 2.31. The number of halogens is 3. The molecule has 0 amide bonds. The number of oxazole rings is 1. The monoisotopic (exact) mass is 377 g/mol. The number of fused-ring (bicyclic) bond motifs is 1. The van der Waals surface area contributed by atoms with E-state index in [2.05, 4.69) is 19.9 Å². The van der Waals surface area contributed by atoms with Gasteiger partial charge in [-0.15, -0.1) is 13.2 Å². The molecule has 1 atom stereocenters. The molecule has 5 nitrogen and oxygen atoms in total. The molecule has 8 heteroatoms. The SMILES string of the molecule is FC(F)(F)Oc1ccc(N2CCC(CNc3nc4ccccc4o3)C2)cc1. The minimum atomic E-state index is -4.67. The number of rotatable bonds is 5. The Morgan fingerprint density at radius 2 is 1.93 bits per heavy atom. The zero-order valence-corrected chi connectivity index (χ0v) is 14.4. The molecule has 4 rings (SSSR count). The van der Waals surface area contributed by atoms with E-state index in [1.165, 1.54) is 12.1 Å². The molecule has 2 aromatic carbocycles. The third-order valence-corrected chi connectivity index (χ3v) is 4.56. The molecule has 0 radical (unpaired) electrons. The lowest BCUT2D eigenvalue weighted by molar-refractivity contribution is -0.274. The first-order valence-corrected chi connectivity index (χ1v) is 8.66. The van der Waals surface area contributed by atoms with E-state index in [0.717, 1.165) is 42.8 Å². The van der Waals surface area contributed by atoms with E-state index in [1.807, 2.05) is 24.3 Å². The van der Waals surface area contributed by atoms with Crippen LogP contribution < -0.4 is 15.0 Å². The zero-order valence-electron chi connectivity index (χ0n) is 14.4. The van der Waals surface area contributed by atoms with Crippen LogP contribution in [-0.4, -0.2) is 31.0 Å². The maximum atomic E-state index is 12.2. The number of hydrogen-bond donors (Lipinski definition) is 1. The first kappa shape index (κ1) is 17.5. The van der Waals surface area contributed by atoms with E-state index >= 15 is 0 Å². The Kier molecular flexibility index (Phi) is 4.55. The molecule has 0 aliphatic carbocycles. The molecule has 3 aromatic rings. The number of nitrogens with one attached hydrogen (secondary N) is 1. The minimum absolute atomic E-state index is 0.209. The van der Waals surface area contributed by atoms with E-state index in [-0.39, 0.29) is 5.75 Å². The van der Waals surface area contributed by atoms with Crippen LogP contribution in [-0.2, 0) is 0 Å². The van der Waals surface area contributed by atoms with Crippen molar-refractivity contribution < 1.29 is 22.3 Å². The Hall–Kier alpha value is -2.90. The second-order valence-electron chi connectivity index (χ2n) is 6.51. The van der Waals surface area contributed by atoms with Gasteiger partial charge in [-0.25, -0.2) is 0 Å². The van der Waals surface area contributed by atoms with E-state index < -0.39 is 6.36 Å². The molecule has 1 aliphatic heterocycles. The largest absolute Gasteiger partial charge is 0.573 e. The van der Waals surface area contributed by atoms with Crippen LogP contribution in [0, 0.1) is 5.92 Å². The maximum absolute atomic E-state index is 12.2. The number of benzene rings is 2. The fourth-order valence-corrected chi connectivity index (χ4v) is 3.27. The summed E-state index contributed by atoms with van der Waals surface area (Å²) >= 11 is 0. The molecule has 1 aliphatic rings. The summed E-state index contributed by atoms with van der Waals surface area (Å²) in [6.07, 6.45) is -3.69. The Bertz CT molecular complexity index is 875. The molecule has 2 heterocycles. The molecule has 1 saturated heterocycles. The molecular weight excluding hydrogens is 359 g/mol. The molecule has 0 bridgehead atoms.